The third-order valence-electron chi connectivity index (χ3n) is 2.88. The second-order valence-electron chi connectivity index (χ2n) is 4.36. The number of carbonyl (C=O) groups is 1. The minimum absolute atomic E-state index is 0.0300. The van der Waals surface area contributed by atoms with Crippen LogP contribution in [0.5, 0.6) is 17.2 Å². The molecule has 2 aromatic carbocycles. The van der Waals surface area contributed by atoms with E-state index in [0.717, 1.165) is 5.56 Å². The standard InChI is InChI=1S/C15H12N2O4/c18-12-3-1-2-11(7-12)15(19)17-16-8-10-4-5-13-14(6-10)21-9-20-13/h1-8,18H,9H2,(H,17,19)/b16-8-. The molecular formula is C15H12N2O4. The number of hydrogen-bond donors (Lipinski definition) is 2. The molecule has 6 heteroatoms. The first-order valence-electron chi connectivity index (χ1n) is 6.24. The number of phenolic OH excluding ortho intramolecular Hbond substituents is 1. The molecule has 0 fully saturated rings. The lowest BCUT2D eigenvalue weighted by Crippen LogP contribution is -2.17. The van der Waals surface area contributed by atoms with Crippen LogP contribution in [-0.2, 0) is 0 Å². The average molecular weight is 284 g/mol. The summed E-state index contributed by atoms with van der Waals surface area (Å²) in [6, 6.07) is 11.4. The van der Waals surface area contributed by atoms with Crippen molar-refractivity contribution in [3.63, 3.8) is 0 Å². The largest absolute Gasteiger partial charge is 0.508 e. The number of hydrogen-bond acceptors (Lipinski definition) is 5. The molecule has 1 amide bonds. The van der Waals surface area contributed by atoms with Crippen LogP contribution in [0, 0.1) is 0 Å². The molecule has 1 aliphatic heterocycles. The highest BCUT2D eigenvalue weighted by atomic mass is 16.7. The van der Waals surface area contributed by atoms with Gasteiger partial charge < -0.3 is 14.6 Å². The Bertz CT molecular complexity index is 713. The molecule has 0 saturated carbocycles. The van der Waals surface area contributed by atoms with Gasteiger partial charge in [0.1, 0.15) is 5.75 Å². The predicted molar refractivity (Wildman–Crippen MR) is 75.7 cm³/mol. The number of hydrazone groups is 1. The molecule has 1 aliphatic rings. The number of phenols is 1. The lowest BCUT2D eigenvalue weighted by Gasteiger charge is -2.00. The van der Waals surface area contributed by atoms with E-state index in [0.29, 0.717) is 17.1 Å². The number of ether oxygens (including phenoxy) is 2. The maximum Gasteiger partial charge on any atom is 0.271 e. The van der Waals surface area contributed by atoms with E-state index in [1.54, 1.807) is 30.3 Å². The Balaban J connectivity index is 1.65. The second kappa shape index (κ2) is 5.54. The Kier molecular flexibility index (Phi) is 3.42. The van der Waals surface area contributed by atoms with Crippen LogP contribution in [0.25, 0.3) is 0 Å². The highest BCUT2D eigenvalue weighted by Gasteiger charge is 2.12. The Hall–Kier alpha value is -3.02. The van der Waals surface area contributed by atoms with Gasteiger partial charge in [-0.1, -0.05) is 6.07 Å². The minimum atomic E-state index is -0.400. The van der Waals surface area contributed by atoms with Gasteiger partial charge in [0.2, 0.25) is 6.79 Å². The van der Waals surface area contributed by atoms with Gasteiger partial charge in [-0.05, 0) is 42.0 Å². The Morgan fingerprint density at radius 1 is 1.19 bits per heavy atom. The molecule has 3 rings (SSSR count). The van der Waals surface area contributed by atoms with E-state index in [4.69, 9.17) is 9.47 Å². The number of carbonyl (C=O) groups excluding carboxylic acids is 1. The number of fused-ring (bicyclic) bond motifs is 1. The molecule has 2 aromatic rings. The van der Waals surface area contributed by atoms with E-state index in [1.165, 1.54) is 18.3 Å². The fourth-order valence-corrected chi connectivity index (χ4v) is 1.87. The molecule has 0 spiro atoms. The molecule has 106 valence electrons. The lowest BCUT2D eigenvalue weighted by atomic mass is 10.2. The third-order valence-corrected chi connectivity index (χ3v) is 2.88. The quantitative estimate of drug-likeness (QED) is 0.666. The molecular weight excluding hydrogens is 272 g/mol. The number of amides is 1. The lowest BCUT2D eigenvalue weighted by molar-refractivity contribution is 0.0954. The van der Waals surface area contributed by atoms with Crippen LogP contribution in [-0.4, -0.2) is 24.0 Å². The van der Waals surface area contributed by atoms with Crippen molar-refractivity contribution in [1.82, 2.24) is 5.43 Å². The van der Waals surface area contributed by atoms with Crippen molar-refractivity contribution in [1.29, 1.82) is 0 Å². The summed E-state index contributed by atoms with van der Waals surface area (Å²) in [7, 11) is 0. The van der Waals surface area contributed by atoms with Crippen LogP contribution in [0.4, 0.5) is 0 Å². The van der Waals surface area contributed by atoms with Gasteiger partial charge in [-0.3, -0.25) is 4.79 Å². The number of nitrogens with zero attached hydrogens (tertiary/aromatic N) is 1. The molecule has 0 bridgehead atoms. The van der Waals surface area contributed by atoms with Gasteiger partial charge in [-0.2, -0.15) is 5.10 Å². The van der Waals surface area contributed by atoms with E-state index < -0.39 is 5.91 Å². The summed E-state index contributed by atoms with van der Waals surface area (Å²) in [5.41, 5.74) is 3.49. The molecule has 0 unspecified atom stereocenters. The zero-order valence-electron chi connectivity index (χ0n) is 10.9. The van der Waals surface area contributed by atoms with Crippen molar-refractivity contribution in [2.24, 2.45) is 5.10 Å². The molecule has 0 saturated heterocycles. The first-order chi connectivity index (χ1) is 10.2. The highest BCUT2D eigenvalue weighted by molar-refractivity contribution is 5.95. The summed E-state index contributed by atoms with van der Waals surface area (Å²) < 4.78 is 10.5. The highest BCUT2D eigenvalue weighted by Crippen LogP contribution is 2.31. The zero-order chi connectivity index (χ0) is 14.7. The molecule has 6 nitrogen and oxygen atoms in total. The molecule has 1 heterocycles. The molecule has 2 N–H and O–H groups in total. The number of rotatable bonds is 3. The van der Waals surface area contributed by atoms with Gasteiger partial charge in [-0.15, -0.1) is 0 Å². The Morgan fingerprint density at radius 3 is 2.90 bits per heavy atom. The van der Waals surface area contributed by atoms with Crippen molar-refractivity contribution in [3.05, 3.63) is 53.6 Å². The van der Waals surface area contributed by atoms with Gasteiger partial charge in [-0.25, -0.2) is 5.43 Å². The van der Waals surface area contributed by atoms with Gasteiger partial charge >= 0.3 is 0 Å². The van der Waals surface area contributed by atoms with Crippen LogP contribution in [0.1, 0.15) is 15.9 Å². The van der Waals surface area contributed by atoms with Crippen LogP contribution in [0.15, 0.2) is 47.6 Å². The van der Waals surface area contributed by atoms with Crippen molar-refractivity contribution in [2.45, 2.75) is 0 Å². The fourth-order valence-electron chi connectivity index (χ4n) is 1.87. The summed E-state index contributed by atoms with van der Waals surface area (Å²) in [6.45, 7) is 0.212. The summed E-state index contributed by atoms with van der Waals surface area (Å²) in [4.78, 5) is 11.8. The molecule has 0 atom stereocenters. The molecule has 21 heavy (non-hydrogen) atoms. The van der Waals surface area contributed by atoms with E-state index >= 15 is 0 Å². The van der Waals surface area contributed by atoms with Crippen molar-refractivity contribution >= 4 is 12.1 Å². The first-order valence-corrected chi connectivity index (χ1v) is 6.24. The molecule has 0 radical (unpaired) electrons. The van der Waals surface area contributed by atoms with Crippen LogP contribution in [0.2, 0.25) is 0 Å². The maximum absolute atomic E-state index is 11.8. The zero-order valence-corrected chi connectivity index (χ0v) is 10.9. The maximum atomic E-state index is 11.8. The summed E-state index contributed by atoms with van der Waals surface area (Å²) in [6.07, 6.45) is 1.50. The fraction of sp³-hybridized carbons (Fsp3) is 0.0667. The number of nitrogens with one attached hydrogen (secondary N) is 1. The van der Waals surface area contributed by atoms with E-state index in [2.05, 4.69) is 10.5 Å². The summed E-state index contributed by atoms with van der Waals surface area (Å²) >= 11 is 0. The normalized spacial score (nSPS) is 12.6. The number of benzene rings is 2. The van der Waals surface area contributed by atoms with E-state index in [9.17, 15) is 9.90 Å². The van der Waals surface area contributed by atoms with Crippen LogP contribution in [0.3, 0.4) is 0 Å². The molecule has 0 aromatic heterocycles. The van der Waals surface area contributed by atoms with Crippen molar-refractivity contribution in [3.8, 4) is 17.2 Å². The monoisotopic (exact) mass is 284 g/mol. The van der Waals surface area contributed by atoms with Gasteiger partial charge in [0.25, 0.3) is 5.91 Å². The Labute approximate surface area is 120 Å². The van der Waals surface area contributed by atoms with E-state index in [-0.39, 0.29) is 12.5 Å². The first kappa shape index (κ1) is 13.0. The minimum Gasteiger partial charge on any atom is -0.508 e. The number of aromatic hydroxyl groups is 1. The Morgan fingerprint density at radius 2 is 2.05 bits per heavy atom. The van der Waals surface area contributed by atoms with Crippen LogP contribution < -0.4 is 14.9 Å². The predicted octanol–water partition coefficient (Wildman–Crippen LogP) is 1.88. The average Bonchev–Trinajstić information content (AvgIpc) is 2.94. The molecule has 0 aliphatic carbocycles. The van der Waals surface area contributed by atoms with Gasteiger partial charge in [0, 0.05) is 5.56 Å². The topological polar surface area (TPSA) is 80.2 Å². The third kappa shape index (κ3) is 2.94. The van der Waals surface area contributed by atoms with Crippen molar-refractivity contribution < 1.29 is 19.4 Å². The summed E-state index contributed by atoms with van der Waals surface area (Å²) in [5, 5.41) is 13.2. The summed E-state index contributed by atoms with van der Waals surface area (Å²) in [5.74, 6) is 0.972. The van der Waals surface area contributed by atoms with Crippen molar-refractivity contribution in [2.75, 3.05) is 6.79 Å². The SMILES string of the molecule is O=C(N/N=C\c1ccc2c(c1)OCO2)c1cccc(O)c1. The second-order valence-corrected chi connectivity index (χ2v) is 4.36. The smallest absolute Gasteiger partial charge is 0.271 e. The van der Waals surface area contributed by atoms with Crippen LogP contribution >= 0.6 is 0 Å². The van der Waals surface area contributed by atoms with Gasteiger partial charge in [0.15, 0.2) is 11.5 Å². The van der Waals surface area contributed by atoms with E-state index in [1.807, 2.05) is 0 Å². The van der Waals surface area contributed by atoms with Gasteiger partial charge in [0.05, 0.1) is 6.21 Å².